The van der Waals surface area contributed by atoms with Crippen molar-refractivity contribution in [1.82, 2.24) is 10.2 Å². The molecule has 0 saturated carbocycles. The Morgan fingerprint density at radius 2 is 1.91 bits per heavy atom. The van der Waals surface area contributed by atoms with Crippen molar-refractivity contribution in [3.63, 3.8) is 0 Å². The van der Waals surface area contributed by atoms with Crippen molar-refractivity contribution >= 4 is 5.57 Å². The van der Waals surface area contributed by atoms with Crippen LogP contribution in [0.4, 0.5) is 8.78 Å². The van der Waals surface area contributed by atoms with Gasteiger partial charge < -0.3 is 4.42 Å². The lowest BCUT2D eigenvalue weighted by molar-refractivity contribution is 0.0680. The number of rotatable bonds is 9. The highest BCUT2D eigenvalue weighted by molar-refractivity contribution is 5.66. The van der Waals surface area contributed by atoms with Crippen molar-refractivity contribution in [3.8, 4) is 0 Å². The molecule has 0 radical (unpaired) electrons. The van der Waals surface area contributed by atoms with Gasteiger partial charge in [-0.1, -0.05) is 52.8 Å². The molecule has 0 fully saturated rings. The first-order valence-electron chi connectivity index (χ1n) is 7.98. The highest BCUT2D eigenvalue weighted by atomic mass is 19.3. The lowest BCUT2D eigenvalue weighted by atomic mass is 9.88. The quantitative estimate of drug-likeness (QED) is 0.540. The van der Waals surface area contributed by atoms with Crippen LogP contribution in [-0.2, 0) is 0 Å². The maximum atomic E-state index is 13.1. The molecule has 1 aromatic heterocycles. The van der Waals surface area contributed by atoms with Crippen LogP contribution in [0.15, 0.2) is 35.3 Å². The van der Waals surface area contributed by atoms with Crippen molar-refractivity contribution in [2.75, 3.05) is 0 Å². The van der Waals surface area contributed by atoms with Gasteiger partial charge in [-0.2, -0.15) is 0 Å². The van der Waals surface area contributed by atoms with Gasteiger partial charge in [0, 0.05) is 24.0 Å². The van der Waals surface area contributed by atoms with Crippen LogP contribution in [0.2, 0.25) is 0 Å². The molecule has 0 spiro atoms. The van der Waals surface area contributed by atoms with E-state index in [1.54, 1.807) is 0 Å². The third-order valence-corrected chi connectivity index (χ3v) is 4.01. The largest absolute Gasteiger partial charge is 0.420 e. The molecule has 1 heterocycles. The number of aromatic nitrogens is 2. The minimum absolute atomic E-state index is 0.206. The Labute approximate surface area is 137 Å². The van der Waals surface area contributed by atoms with E-state index >= 15 is 0 Å². The van der Waals surface area contributed by atoms with Gasteiger partial charge in [0.15, 0.2) is 0 Å². The van der Waals surface area contributed by atoms with Crippen LogP contribution >= 0.6 is 0 Å². The first-order valence-corrected chi connectivity index (χ1v) is 7.98. The maximum Gasteiger partial charge on any atom is 0.269 e. The van der Waals surface area contributed by atoms with Crippen molar-refractivity contribution in [2.45, 2.75) is 58.8 Å². The number of hydrogen-bond donors (Lipinski definition) is 0. The molecule has 0 N–H and O–H groups in total. The zero-order valence-corrected chi connectivity index (χ0v) is 14.4. The van der Waals surface area contributed by atoms with E-state index in [1.807, 2.05) is 0 Å². The lowest BCUT2D eigenvalue weighted by Crippen LogP contribution is -2.10. The normalized spacial score (nSPS) is 14.9. The zero-order valence-electron chi connectivity index (χ0n) is 14.4. The van der Waals surface area contributed by atoms with E-state index in [-0.39, 0.29) is 17.4 Å². The highest BCUT2D eigenvalue weighted by Crippen LogP contribution is 2.31. The minimum atomic E-state index is -2.96. The summed E-state index contributed by atoms with van der Waals surface area (Å²) in [6.07, 6.45) is 5.67. The second-order valence-corrected chi connectivity index (χ2v) is 6.00. The minimum Gasteiger partial charge on any atom is -0.420 e. The molecule has 0 aliphatic heterocycles. The van der Waals surface area contributed by atoms with Gasteiger partial charge in [-0.15, -0.1) is 10.2 Å². The molecule has 128 valence electrons. The van der Waals surface area contributed by atoms with Crippen LogP contribution < -0.4 is 0 Å². The van der Waals surface area contributed by atoms with Crippen LogP contribution in [0.5, 0.6) is 0 Å². The average molecular weight is 324 g/mol. The SMILES string of the molecule is C=C(/C=C\C(=C)C(C)(F)F)c1nnc([C@@H](CCC)[C@H](C)CC)o1. The first kappa shape index (κ1) is 19.3. The fourth-order valence-electron chi connectivity index (χ4n) is 2.18. The number of nitrogens with zero attached hydrogens (tertiary/aromatic N) is 2. The predicted octanol–water partition coefficient (Wildman–Crippen LogP) is 5.78. The summed E-state index contributed by atoms with van der Waals surface area (Å²) in [4.78, 5) is 0. The lowest BCUT2D eigenvalue weighted by Gasteiger charge is -2.18. The van der Waals surface area contributed by atoms with Crippen LogP contribution in [-0.4, -0.2) is 16.1 Å². The Morgan fingerprint density at radius 3 is 2.43 bits per heavy atom. The standard InChI is InChI=1S/C18H26F2N2O/c1-7-9-15(12(3)8-2)17-22-21-16(23-17)13(4)10-11-14(5)18(6,19)20/h10-12,15H,4-5,7-9H2,1-3,6H3/b11-10-/t12-,15+/m1/s1. The van der Waals surface area contributed by atoms with Crippen LogP contribution in [0, 0.1) is 5.92 Å². The summed E-state index contributed by atoms with van der Waals surface area (Å²) < 4.78 is 31.8. The summed E-state index contributed by atoms with van der Waals surface area (Å²) in [5.41, 5.74) is 0.107. The van der Waals surface area contributed by atoms with Gasteiger partial charge in [-0.3, -0.25) is 0 Å². The smallest absolute Gasteiger partial charge is 0.269 e. The van der Waals surface area contributed by atoms with Gasteiger partial charge in [0.25, 0.3) is 5.92 Å². The van der Waals surface area contributed by atoms with Crippen LogP contribution in [0.25, 0.3) is 5.57 Å². The van der Waals surface area contributed by atoms with Gasteiger partial charge in [0.1, 0.15) is 0 Å². The van der Waals surface area contributed by atoms with Gasteiger partial charge in [-0.05, 0) is 18.4 Å². The van der Waals surface area contributed by atoms with Gasteiger partial charge in [0.05, 0.1) is 0 Å². The third kappa shape index (κ3) is 5.41. The van der Waals surface area contributed by atoms with E-state index < -0.39 is 5.92 Å². The molecule has 0 aromatic carbocycles. The van der Waals surface area contributed by atoms with Crippen molar-refractivity contribution in [2.24, 2.45) is 5.92 Å². The van der Waals surface area contributed by atoms with Gasteiger partial charge in [0.2, 0.25) is 11.8 Å². The Kier molecular flexibility index (Phi) is 6.85. The molecule has 5 heteroatoms. The Morgan fingerprint density at radius 1 is 1.26 bits per heavy atom. The molecule has 0 unspecified atom stereocenters. The molecule has 1 rings (SSSR count). The Bertz CT molecular complexity index is 570. The molecule has 23 heavy (non-hydrogen) atoms. The van der Waals surface area contributed by atoms with E-state index in [2.05, 4.69) is 44.1 Å². The molecule has 0 aliphatic rings. The topological polar surface area (TPSA) is 38.9 Å². The van der Waals surface area contributed by atoms with Gasteiger partial charge in [-0.25, -0.2) is 8.78 Å². The predicted molar refractivity (Wildman–Crippen MR) is 89.3 cm³/mol. The summed E-state index contributed by atoms with van der Waals surface area (Å²) in [7, 11) is 0. The summed E-state index contributed by atoms with van der Waals surface area (Å²) in [6.45, 7) is 14.3. The summed E-state index contributed by atoms with van der Waals surface area (Å²) in [5.74, 6) is -1.47. The van der Waals surface area contributed by atoms with Crippen LogP contribution in [0.1, 0.15) is 64.7 Å². The number of alkyl halides is 2. The van der Waals surface area contributed by atoms with E-state index in [0.717, 1.165) is 26.2 Å². The molecule has 0 bridgehead atoms. The van der Waals surface area contributed by atoms with Gasteiger partial charge >= 0.3 is 0 Å². The zero-order chi connectivity index (χ0) is 17.6. The van der Waals surface area contributed by atoms with E-state index in [9.17, 15) is 8.78 Å². The van der Waals surface area contributed by atoms with Crippen molar-refractivity contribution < 1.29 is 13.2 Å². The molecule has 1 aromatic rings. The fraction of sp³-hybridized carbons (Fsp3) is 0.556. The molecule has 3 nitrogen and oxygen atoms in total. The van der Waals surface area contributed by atoms with E-state index in [4.69, 9.17) is 4.42 Å². The third-order valence-electron chi connectivity index (χ3n) is 4.01. The number of halogens is 2. The molecule has 2 atom stereocenters. The second-order valence-electron chi connectivity index (χ2n) is 6.00. The molecular formula is C18H26F2N2O. The van der Waals surface area contributed by atoms with E-state index in [0.29, 0.717) is 17.4 Å². The van der Waals surface area contributed by atoms with E-state index in [1.165, 1.54) is 12.2 Å². The summed E-state index contributed by atoms with van der Waals surface area (Å²) in [5, 5.41) is 8.11. The summed E-state index contributed by atoms with van der Waals surface area (Å²) >= 11 is 0. The van der Waals surface area contributed by atoms with Crippen molar-refractivity contribution in [3.05, 3.63) is 42.7 Å². The Hall–Kier alpha value is -1.78. The second kappa shape index (κ2) is 8.18. The number of hydrogen-bond acceptors (Lipinski definition) is 3. The number of allylic oxidation sites excluding steroid dienone is 4. The molecule has 0 aliphatic carbocycles. The molecular weight excluding hydrogens is 298 g/mol. The maximum absolute atomic E-state index is 13.1. The highest BCUT2D eigenvalue weighted by Gasteiger charge is 2.25. The van der Waals surface area contributed by atoms with Crippen LogP contribution in [0.3, 0.4) is 0 Å². The monoisotopic (exact) mass is 324 g/mol. The van der Waals surface area contributed by atoms with Crippen molar-refractivity contribution in [1.29, 1.82) is 0 Å². The average Bonchev–Trinajstić information content (AvgIpc) is 2.97. The molecule has 0 saturated heterocycles. The fourth-order valence-corrected chi connectivity index (χ4v) is 2.18. The first-order chi connectivity index (χ1) is 10.7. The summed E-state index contributed by atoms with van der Waals surface area (Å²) in [6, 6.07) is 0. The molecule has 0 amide bonds. The Balaban J connectivity index is 2.88.